The summed E-state index contributed by atoms with van der Waals surface area (Å²) in [6.07, 6.45) is 2.79. The van der Waals surface area contributed by atoms with E-state index in [1.807, 2.05) is 47.4 Å². The van der Waals surface area contributed by atoms with Crippen LogP contribution in [0, 0.1) is 11.3 Å². The second kappa shape index (κ2) is 9.65. The number of pyridine rings is 1. The van der Waals surface area contributed by atoms with E-state index in [2.05, 4.69) is 29.6 Å². The van der Waals surface area contributed by atoms with E-state index in [1.54, 1.807) is 18.2 Å². The summed E-state index contributed by atoms with van der Waals surface area (Å²) in [7, 11) is -3.76. The minimum absolute atomic E-state index is 0.182. The lowest BCUT2D eigenvalue weighted by Gasteiger charge is -2.38. The SMILES string of the molecule is CC(C)c1ccc(S(=O)(=O)Nc2cnc(N3CCC(C#N)(c4ccccc4)CC3)c(Cl)c2)cc1. The first kappa shape index (κ1) is 24.1. The van der Waals surface area contributed by atoms with Crippen molar-refractivity contribution in [2.24, 2.45) is 0 Å². The Balaban J connectivity index is 1.47. The van der Waals surface area contributed by atoms with E-state index in [0.29, 0.717) is 48.4 Å². The Hall–Kier alpha value is -3.08. The van der Waals surface area contributed by atoms with Crippen LogP contribution in [0.15, 0.2) is 71.8 Å². The van der Waals surface area contributed by atoms with Crippen molar-refractivity contribution in [2.75, 3.05) is 22.7 Å². The van der Waals surface area contributed by atoms with Gasteiger partial charge in [-0.05, 0) is 48.1 Å². The van der Waals surface area contributed by atoms with Gasteiger partial charge in [-0.25, -0.2) is 13.4 Å². The average molecular weight is 495 g/mol. The van der Waals surface area contributed by atoms with Crippen LogP contribution >= 0.6 is 11.6 Å². The smallest absolute Gasteiger partial charge is 0.261 e. The van der Waals surface area contributed by atoms with E-state index >= 15 is 0 Å². The molecule has 0 aliphatic carbocycles. The molecule has 1 fully saturated rings. The summed E-state index contributed by atoms with van der Waals surface area (Å²) in [5.41, 5.74) is 1.88. The van der Waals surface area contributed by atoms with Gasteiger partial charge in [0.05, 0.1) is 33.3 Å². The zero-order valence-corrected chi connectivity index (χ0v) is 20.8. The minimum Gasteiger partial charge on any atom is -0.355 e. The maximum absolute atomic E-state index is 12.8. The van der Waals surface area contributed by atoms with Crippen LogP contribution in [0.1, 0.15) is 43.7 Å². The van der Waals surface area contributed by atoms with Gasteiger partial charge in [0.2, 0.25) is 0 Å². The summed E-state index contributed by atoms with van der Waals surface area (Å²) >= 11 is 6.51. The highest BCUT2D eigenvalue weighted by Crippen LogP contribution is 2.38. The molecule has 4 rings (SSSR count). The second-order valence-corrected chi connectivity index (χ2v) is 11.0. The number of nitriles is 1. The third-order valence-corrected chi connectivity index (χ3v) is 8.06. The van der Waals surface area contributed by atoms with Gasteiger partial charge in [-0.1, -0.05) is 67.9 Å². The first-order chi connectivity index (χ1) is 16.2. The van der Waals surface area contributed by atoms with Crippen molar-refractivity contribution in [3.63, 3.8) is 0 Å². The fourth-order valence-electron chi connectivity index (χ4n) is 4.29. The van der Waals surface area contributed by atoms with Crippen LogP contribution in [-0.4, -0.2) is 26.5 Å². The topological polar surface area (TPSA) is 86.1 Å². The third-order valence-electron chi connectivity index (χ3n) is 6.39. The molecule has 1 aliphatic heterocycles. The highest BCUT2D eigenvalue weighted by atomic mass is 35.5. The molecule has 6 nitrogen and oxygen atoms in total. The number of piperidine rings is 1. The molecule has 0 saturated carbocycles. The molecule has 0 unspecified atom stereocenters. The molecule has 34 heavy (non-hydrogen) atoms. The van der Waals surface area contributed by atoms with Gasteiger partial charge < -0.3 is 4.90 Å². The van der Waals surface area contributed by atoms with E-state index in [0.717, 1.165) is 11.1 Å². The summed E-state index contributed by atoms with van der Waals surface area (Å²) in [5, 5.41) is 10.3. The fraction of sp³-hybridized carbons (Fsp3) is 0.308. The summed E-state index contributed by atoms with van der Waals surface area (Å²) in [5.74, 6) is 0.909. The lowest BCUT2D eigenvalue weighted by molar-refractivity contribution is 0.414. The van der Waals surface area contributed by atoms with Crippen LogP contribution in [0.5, 0.6) is 0 Å². The van der Waals surface area contributed by atoms with Gasteiger partial charge in [-0.2, -0.15) is 5.26 Å². The summed E-state index contributed by atoms with van der Waals surface area (Å²) in [6, 6.07) is 20.8. The largest absolute Gasteiger partial charge is 0.355 e. The maximum atomic E-state index is 12.8. The van der Waals surface area contributed by atoms with Crippen molar-refractivity contribution >= 4 is 33.1 Å². The number of halogens is 1. The van der Waals surface area contributed by atoms with Crippen LogP contribution in [0.25, 0.3) is 0 Å². The molecule has 1 N–H and O–H groups in total. The lowest BCUT2D eigenvalue weighted by atomic mass is 9.74. The van der Waals surface area contributed by atoms with Gasteiger partial charge in [0.25, 0.3) is 10.0 Å². The number of nitrogens with zero attached hydrogens (tertiary/aromatic N) is 3. The van der Waals surface area contributed by atoms with Crippen molar-refractivity contribution in [3.05, 3.63) is 83.0 Å². The highest BCUT2D eigenvalue weighted by molar-refractivity contribution is 7.92. The van der Waals surface area contributed by atoms with E-state index in [4.69, 9.17) is 11.6 Å². The highest BCUT2D eigenvalue weighted by Gasteiger charge is 2.37. The first-order valence-electron chi connectivity index (χ1n) is 11.2. The number of benzene rings is 2. The van der Waals surface area contributed by atoms with Crippen LogP contribution in [-0.2, 0) is 15.4 Å². The Bertz CT molecular complexity index is 1290. The standard InChI is InChI=1S/C26H27ClN4O2S/c1-19(2)20-8-10-23(11-9-20)34(32,33)30-22-16-24(27)25(29-17-22)31-14-12-26(18-28,13-15-31)21-6-4-3-5-7-21/h3-11,16-17,19,30H,12-15H2,1-2H3. The number of nitrogens with one attached hydrogen (secondary N) is 1. The molecule has 0 radical (unpaired) electrons. The Kier molecular flexibility index (Phi) is 6.83. The monoisotopic (exact) mass is 494 g/mol. The molecular formula is C26H27ClN4O2S. The number of hydrogen-bond acceptors (Lipinski definition) is 5. The molecule has 1 aromatic heterocycles. The molecule has 2 aromatic carbocycles. The second-order valence-electron chi connectivity index (χ2n) is 8.91. The lowest BCUT2D eigenvalue weighted by Crippen LogP contribution is -2.42. The summed E-state index contributed by atoms with van der Waals surface area (Å²) in [6.45, 7) is 5.37. The molecular weight excluding hydrogens is 468 g/mol. The van der Waals surface area contributed by atoms with Gasteiger partial charge in [0, 0.05) is 13.1 Å². The zero-order chi connectivity index (χ0) is 24.3. The maximum Gasteiger partial charge on any atom is 0.261 e. The van der Waals surface area contributed by atoms with Crippen molar-refractivity contribution in [1.82, 2.24) is 4.98 Å². The van der Waals surface area contributed by atoms with Crippen LogP contribution < -0.4 is 9.62 Å². The van der Waals surface area contributed by atoms with Crippen LogP contribution in [0.4, 0.5) is 11.5 Å². The molecule has 3 aromatic rings. The predicted octanol–water partition coefficient (Wildman–Crippen LogP) is 5.72. The van der Waals surface area contributed by atoms with E-state index in [9.17, 15) is 13.7 Å². The Labute approximate surface area is 206 Å². The zero-order valence-electron chi connectivity index (χ0n) is 19.2. The molecule has 0 amide bonds. The van der Waals surface area contributed by atoms with Crippen LogP contribution in [0.3, 0.4) is 0 Å². The number of hydrogen-bond donors (Lipinski definition) is 1. The van der Waals surface area contributed by atoms with Gasteiger partial charge in [-0.15, -0.1) is 0 Å². The van der Waals surface area contributed by atoms with Crippen LogP contribution in [0.2, 0.25) is 5.02 Å². The molecule has 8 heteroatoms. The van der Waals surface area contributed by atoms with E-state index in [-0.39, 0.29) is 4.90 Å². The molecule has 0 spiro atoms. The van der Waals surface area contributed by atoms with Gasteiger partial charge in [-0.3, -0.25) is 4.72 Å². The van der Waals surface area contributed by atoms with Crippen molar-refractivity contribution in [3.8, 4) is 6.07 Å². The summed E-state index contributed by atoms with van der Waals surface area (Å²) < 4.78 is 28.2. The number of aromatic nitrogens is 1. The van der Waals surface area contributed by atoms with E-state index < -0.39 is 15.4 Å². The van der Waals surface area contributed by atoms with Gasteiger partial charge >= 0.3 is 0 Å². The normalized spacial score (nSPS) is 15.7. The molecule has 0 bridgehead atoms. The van der Waals surface area contributed by atoms with Crippen molar-refractivity contribution in [1.29, 1.82) is 5.26 Å². The fourth-order valence-corrected chi connectivity index (χ4v) is 5.61. The average Bonchev–Trinajstić information content (AvgIpc) is 2.85. The van der Waals surface area contributed by atoms with E-state index in [1.165, 1.54) is 6.20 Å². The van der Waals surface area contributed by atoms with Crippen molar-refractivity contribution in [2.45, 2.75) is 42.9 Å². The third kappa shape index (κ3) is 4.89. The van der Waals surface area contributed by atoms with Crippen molar-refractivity contribution < 1.29 is 8.42 Å². The minimum atomic E-state index is -3.76. The Morgan fingerprint density at radius 3 is 2.29 bits per heavy atom. The van der Waals surface area contributed by atoms with Gasteiger partial charge in [0.15, 0.2) is 0 Å². The Morgan fingerprint density at radius 2 is 1.74 bits per heavy atom. The predicted molar refractivity (Wildman–Crippen MR) is 136 cm³/mol. The molecule has 1 saturated heterocycles. The Morgan fingerprint density at radius 1 is 1.09 bits per heavy atom. The molecule has 2 heterocycles. The number of rotatable bonds is 6. The number of sulfonamides is 1. The molecule has 1 aliphatic rings. The quantitative estimate of drug-likeness (QED) is 0.473. The first-order valence-corrected chi connectivity index (χ1v) is 13.1. The summed E-state index contributed by atoms with van der Waals surface area (Å²) in [4.78, 5) is 6.68. The molecule has 176 valence electrons. The molecule has 0 atom stereocenters. The van der Waals surface area contributed by atoms with Gasteiger partial charge in [0.1, 0.15) is 5.82 Å². The number of anilines is 2.